The monoisotopic (exact) mass is 227 g/mol. The van der Waals surface area contributed by atoms with Crippen LogP contribution in [0.2, 0.25) is 0 Å². The fourth-order valence-corrected chi connectivity index (χ4v) is 1.74. The average Bonchev–Trinajstić information content (AvgIpc) is 2.67. The van der Waals surface area contributed by atoms with Gasteiger partial charge in [0.15, 0.2) is 0 Å². The lowest BCUT2D eigenvalue weighted by Gasteiger charge is -2.22. The van der Waals surface area contributed by atoms with Crippen LogP contribution in [0.15, 0.2) is 0 Å². The number of primary amides is 1. The molecule has 0 aromatic rings. The standard InChI is InChI=1S/C11H21N3O2/c1-11(2,10(12)16)13-7-9(15)14-8-5-3-4-6-8/h8,13H,3-7H2,1-2H3,(H2,12,16)(H,14,15). The summed E-state index contributed by atoms with van der Waals surface area (Å²) in [7, 11) is 0. The van der Waals surface area contributed by atoms with Gasteiger partial charge in [0.2, 0.25) is 11.8 Å². The first-order chi connectivity index (χ1) is 7.42. The van der Waals surface area contributed by atoms with Crippen molar-refractivity contribution in [2.24, 2.45) is 5.73 Å². The second-order valence-corrected chi connectivity index (χ2v) is 4.89. The van der Waals surface area contributed by atoms with Gasteiger partial charge in [0.1, 0.15) is 0 Å². The van der Waals surface area contributed by atoms with Crippen LogP contribution in [0.3, 0.4) is 0 Å². The second-order valence-electron chi connectivity index (χ2n) is 4.89. The molecule has 0 radical (unpaired) electrons. The van der Waals surface area contributed by atoms with Crippen molar-refractivity contribution in [1.82, 2.24) is 10.6 Å². The Kier molecular flexibility index (Phi) is 4.29. The highest BCUT2D eigenvalue weighted by Crippen LogP contribution is 2.17. The largest absolute Gasteiger partial charge is 0.368 e. The molecule has 0 heterocycles. The number of hydrogen-bond donors (Lipinski definition) is 3. The Morgan fingerprint density at radius 2 is 1.88 bits per heavy atom. The lowest BCUT2D eigenvalue weighted by Crippen LogP contribution is -2.54. The van der Waals surface area contributed by atoms with Crippen LogP contribution in [0, 0.1) is 0 Å². The summed E-state index contributed by atoms with van der Waals surface area (Å²) < 4.78 is 0. The van der Waals surface area contributed by atoms with Crippen LogP contribution < -0.4 is 16.4 Å². The van der Waals surface area contributed by atoms with Crippen molar-refractivity contribution in [3.8, 4) is 0 Å². The van der Waals surface area contributed by atoms with E-state index in [2.05, 4.69) is 10.6 Å². The fourth-order valence-electron chi connectivity index (χ4n) is 1.74. The zero-order valence-corrected chi connectivity index (χ0v) is 10.0. The Labute approximate surface area is 96.1 Å². The molecule has 4 N–H and O–H groups in total. The second kappa shape index (κ2) is 5.30. The van der Waals surface area contributed by atoms with Gasteiger partial charge in [0.05, 0.1) is 12.1 Å². The van der Waals surface area contributed by atoms with E-state index in [-0.39, 0.29) is 12.5 Å². The molecule has 5 nitrogen and oxygen atoms in total. The number of carbonyl (C=O) groups is 2. The van der Waals surface area contributed by atoms with Gasteiger partial charge in [0.25, 0.3) is 0 Å². The summed E-state index contributed by atoms with van der Waals surface area (Å²) in [5, 5.41) is 5.78. The minimum atomic E-state index is -0.840. The fraction of sp³-hybridized carbons (Fsp3) is 0.818. The van der Waals surface area contributed by atoms with E-state index in [1.165, 1.54) is 12.8 Å². The maximum absolute atomic E-state index is 11.5. The lowest BCUT2D eigenvalue weighted by molar-refractivity contribution is -0.124. The first kappa shape index (κ1) is 13.0. The molecule has 1 aliphatic carbocycles. The minimum Gasteiger partial charge on any atom is -0.368 e. The molecule has 0 spiro atoms. The van der Waals surface area contributed by atoms with E-state index in [9.17, 15) is 9.59 Å². The van der Waals surface area contributed by atoms with Crippen LogP contribution in [0.1, 0.15) is 39.5 Å². The van der Waals surface area contributed by atoms with Crippen LogP contribution in [-0.4, -0.2) is 29.9 Å². The molecule has 0 bridgehead atoms. The molecule has 1 rings (SSSR count). The molecule has 1 aliphatic rings. The molecule has 0 saturated heterocycles. The van der Waals surface area contributed by atoms with Gasteiger partial charge in [-0.3, -0.25) is 14.9 Å². The molecule has 0 unspecified atom stereocenters. The molecule has 0 aliphatic heterocycles. The quantitative estimate of drug-likeness (QED) is 0.613. The van der Waals surface area contributed by atoms with Crippen LogP contribution in [0.25, 0.3) is 0 Å². The maximum atomic E-state index is 11.5. The predicted molar refractivity (Wildman–Crippen MR) is 61.7 cm³/mol. The number of rotatable bonds is 5. The van der Waals surface area contributed by atoms with E-state index >= 15 is 0 Å². The van der Waals surface area contributed by atoms with Gasteiger partial charge >= 0.3 is 0 Å². The van der Waals surface area contributed by atoms with Crippen LogP contribution in [0.4, 0.5) is 0 Å². The third-order valence-corrected chi connectivity index (χ3v) is 3.03. The van der Waals surface area contributed by atoms with Crippen molar-refractivity contribution in [2.75, 3.05) is 6.54 Å². The van der Waals surface area contributed by atoms with Crippen LogP contribution in [0.5, 0.6) is 0 Å². The molecule has 5 heteroatoms. The van der Waals surface area contributed by atoms with Crippen molar-refractivity contribution in [2.45, 2.75) is 51.1 Å². The van der Waals surface area contributed by atoms with Gasteiger partial charge in [-0.05, 0) is 26.7 Å². The Hall–Kier alpha value is -1.10. The number of nitrogens with two attached hydrogens (primary N) is 1. The topological polar surface area (TPSA) is 84.2 Å². The van der Waals surface area contributed by atoms with Crippen molar-refractivity contribution in [1.29, 1.82) is 0 Å². The molecule has 1 saturated carbocycles. The normalized spacial score (nSPS) is 17.4. The lowest BCUT2D eigenvalue weighted by atomic mass is 10.1. The molecule has 92 valence electrons. The Balaban J connectivity index is 2.26. The summed E-state index contributed by atoms with van der Waals surface area (Å²) in [5.74, 6) is -0.526. The molecular weight excluding hydrogens is 206 g/mol. The number of nitrogens with one attached hydrogen (secondary N) is 2. The molecule has 16 heavy (non-hydrogen) atoms. The Morgan fingerprint density at radius 1 is 1.31 bits per heavy atom. The van der Waals surface area contributed by atoms with Crippen molar-refractivity contribution in [3.05, 3.63) is 0 Å². The molecule has 2 amide bonds. The van der Waals surface area contributed by atoms with Crippen molar-refractivity contribution >= 4 is 11.8 Å². The minimum absolute atomic E-state index is 0.0683. The third kappa shape index (κ3) is 3.81. The first-order valence-corrected chi connectivity index (χ1v) is 5.76. The predicted octanol–water partition coefficient (Wildman–Crippen LogP) is -0.101. The average molecular weight is 227 g/mol. The molecule has 0 aromatic carbocycles. The summed E-state index contributed by atoms with van der Waals surface area (Å²) >= 11 is 0. The Bertz CT molecular complexity index is 270. The summed E-state index contributed by atoms with van der Waals surface area (Å²) in [4.78, 5) is 22.5. The summed E-state index contributed by atoms with van der Waals surface area (Å²) in [6.45, 7) is 3.46. The van der Waals surface area contributed by atoms with Gasteiger partial charge in [-0.15, -0.1) is 0 Å². The third-order valence-electron chi connectivity index (χ3n) is 3.03. The van der Waals surface area contributed by atoms with E-state index in [1.807, 2.05) is 0 Å². The van der Waals surface area contributed by atoms with Crippen molar-refractivity contribution in [3.63, 3.8) is 0 Å². The van der Waals surface area contributed by atoms with Crippen LogP contribution in [-0.2, 0) is 9.59 Å². The SMILES string of the molecule is CC(C)(NCC(=O)NC1CCCC1)C(N)=O. The van der Waals surface area contributed by atoms with Gasteiger partial charge < -0.3 is 11.1 Å². The van der Waals surface area contributed by atoms with E-state index in [4.69, 9.17) is 5.73 Å². The maximum Gasteiger partial charge on any atom is 0.237 e. The summed E-state index contributed by atoms with van der Waals surface area (Å²) in [6, 6.07) is 0.311. The van der Waals surface area contributed by atoms with E-state index in [0.717, 1.165) is 12.8 Å². The summed E-state index contributed by atoms with van der Waals surface area (Å²) in [5.41, 5.74) is 4.35. The zero-order chi connectivity index (χ0) is 12.2. The Morgan fingerprint density at radius 3 is 2.38 bits per heavy atom. The van der Waals surface area contributed by atoms with Crippen molar-refractivity contribution < 1.29 is 9.59 Å². The molecular formula is C11H21N3O2. The van der Waals surface area contributed by atoms with Crippen LogP contribution >= 0.6 is 0 Å². The van der Waals surface area contributed by atoms with E-state index < -0.39 is 11.4 Å². The van der Waals surface area contributed by atoms with Gasteiger partial charge in [-0.2, -0.15) is 0 Å². The number of hydrogen-bond acceptors (Lipinski definition) is 3. The van der Waals surface area contributed by atoms with Gasteiger partial charge in [0, 0.05) is 6.04 Å². The number of amides is 2. The highest BCUT2D eigenvalue weighted by atomic mass is 16.2. The molecule has 0 atom stereocenters. The molecule has 0 aromatic heterocycles. The smallest absolute Gasteiger partial charge is 0.237 e. The molecule has 1 fully saturated rings. The van der Waals surface area contributed by atoms with Gasteiger partial charge in [-0.25, -0.2) is 0 Å². The van der Waals surface area contributed by atoms with Gasteiger partial charge in [-0.1, -0.05) is 12.8 Å². The summed E-state index contributed by atoms with van der Waals surface area (Å²) in [6.07, 6.45) is 4.49. The first-order valence-electron chi connectivity index (χ1n) is 5.76. The van der Waals surface area contributed by atoms with E-state index in [1.54, 1.807) is 13.8 Å². The highest BCUT2D eigenvalue weighted by Gasteiger charge is 2.25. The zero-order valence-electron chi connectivity index (χ0n) is 10.0. The number of carbonyl (C=O) groups excluding carboxylic acids is 2. The van der Waals surface area contributed by atoms with E-state index in [0.29, 0.717) is 6.04 Å². The highest BCUT2D eigenvalue weighted by molar-refractivity contribution is 5.85.